The second-order valence-electron chi connectivity index (χ2n) is 4.68. The fraction of sp³-hybridized carbons (Fsp3) is 0.375. The second kappa shape index (κ2) is 7.51. The van der Waals surface area contributed by atoms with Crippen molar-refractivity contribution in [3.05, 3.63) is 58.5 Å². The highest BCUT2D eigenvalue weighted by Gasteiger charge is 2.15. The molecule has 0 aliphatic rings. The molecule has 2 rings (SSSR count). The van der Waals surface area contributed by atoms with E-state index in [0.29, 0.717) is 6.04 Å². The summed E-state index contributed by atoms with van der Waals surface area (Å²) in [6, 6.07) is 13.0. The van der Waals surface area contributed by atoms with E-state index in [9.17, 15) is 0 Å². The molecule has 1 N–H and O–H groups in total. The molecule has 0 saturated heterocycles. The lowest BCUT2D eigenvalue weighted by Gasteiger charge is -2.17. The molecule has 1 aromatic heterocycles. The number of benzene rings is 1. The summed E-state index contributed by atoms with van der Waals surface area (Å²) < 4.78 is 6.20. The highest BCUT2D eigenvalue weighted by molar-refractivity contribution is 9.10. The minimum Gasteiger partial charge on any atom is -0.457 e. The highest BCUT2D eigenvalue weighted by atomic mass is 79.9. The lowest BCUT2D eigenvalue weighted by atomic mass is 10.0. The number of halogens is 1. The summed E-state index contributed by atoms with van der Waals surface area (Å²) in [6.45, 7) is 3.21. The molecule has 0 spiro atoms. The van der Waals surface area contributed by atoms with Gasteiger partial charge in [0.2, 0.25) is 0 Å². The first-order chi connectivity index (χ1) is 9.31. The highest BCUT2D eigenvalue weighted by Crippen LogP contribution is 2.27. The van der Waals surface area contributed by atoms with Crippen molar-refractivity contribution in [3.8, 4) is 0 Å². The summed E-state index contributed by atoms with van der Waals surface area (Å²) in [5.74, 6) is 0. The zero-order chi connectivity index (χ0) is 13.5. The molecule has 102 valence electrons. The lowest BCUT2D eigenvalue weighted by Crippen LogP contribution is -2.22. The van der Waals surface area contributed by atoms with Gasteiger partial charge in [0, 0.05) is 11.6 Å². The summed E-state index contributed by atoms with van der Waals surface area (Å²) in [7, 11) is 0. The maximum atomic E-state index is 5.35. The second-order valence-corrected chi connectivity index (χ2v) is 5.40. The lowest BCUT2D eigenvalue weighted by molar-refractivity contribution is 0.479. The molecule has 1 unspecified atom stereocenters. The van der Waals surface area contributed by atoms with Crippen molar-refractivity contribution in [3.63, 3.8) is 0 Å². The minimum atomic E-state index is 0.341. The van der Waals surface area contributed by atoms with Crippen molar-refractivity contribution in [1.82, 2.24) is 5.32 Å². The quantitative estimate of drug-likeness (QED) is 0.798. The third-order valence-electron chi connectivity index (χ3n) is 3.23. The summed E-state index contributed by atoms with van der Waals surface area (Å²) in [4.78, 5) is 0. The van der Waals surface area contributed by atoms with Gasteiger partial charge in [0.25, 0.3) is 0 Å². The Balaban J connectivity index is 2.00. The SMILES string of the molecule is CCCNC(CCc1ccccc1)c1ccoc1Br. The van der Waals surface area contributed by atoms with Crippen LogP contribution in [0.3, 0.4) is 0 Å². The molecule has 0 bridgehead atoms. The first-order valence-electron chi connectivity index (χ1n) is 6.81. The topological polar surface area (TPSA) is 25.2 Å². The van der Waals surface area contributed by atoms with Crippen LogP contribution in [0.5, 0.6) is 0 Å². The fourth-order valence-electron chi connectivity index (χ4n) is 2.20. The Morgan fingerprint density at radius 3 is 2.63 bits per heavy atom. The van der Waals surface area contributed by atoms with E-state index in [0.717, 1.165) is 30.5 Å². The van der Waals surface area contributed by atoms with Crippen molar-refractivity contribution in [1.29, 1.82) is 0 Å². The van der Waals surface area contributed by atoms with E-state index in [-0.39, 0.29) is 0 Å². The van der Waals surface area contributed by atoms with Crippen LogP contribution >= 0.6 is 15.9 Å². The summed E-state index contributed by atoms with van der Waals surface area (Å²) in [6.07, 6.45) is 5.02. The van der Waals surface area contributed by atoms with Crippen molar-refractivity contribution >= 4 is 15.9 Å². The Bertz CT molecular complexity index is 481. The van der Waals surface area contributed by atoms with Crippen LogP contribution in [0, 0.1) is 0 Å². The number of hydrogen-bond acceptors (Lipinski definition) is 2. The monoisotopic (exact) mass is 321 g/mol. The van der Waals surface area contributed by atoms with Crippen LogP contribution in [0.4, 0.5) is 0 Å². The maximum Gasteiger partial charge on any atom is 0.173 e. The van der Waals surface area contributed by atoms with Gasteiger partial charge in [-0.3, -0.25) is 0 Å². The first-order valence-corrected chi connectivity index (χ1v) is 7.60. The van der Waals surface area contributed by atoms with Crippen LogP contribution in [0.2, 0.25) is 0 Å². The average Bonchev–Trinajstić information content (AvgIpc) is 2.86. The van der Waals surface area contributed by atoms with Crippen LogP contribution in [0.25, 0.3) is 0 Å². The van der Waals surface area contributed by atoms with Crippen molar-refractivity contribution in [2.24, 2.45) is 0 Å². The zero-order valence-corrected chi connectivity index (χ0v) is 12.8. The molecule has 0 amide bonds. The first kappa shape index (κ1) is 14.4. The van der Waals surface area contributed by atoms with Gasteiger partial charge in [0.15, 0.2) is 4.67 Å². The molecule has 0 aliphatic carbocycles. The third-order valence-corrected chi connectivity index (χ3v) is 3.87. The molecule has 2 aromatic rings. The molecule has 1 heterocycles. The zero-order valence-electron chi connectivity index (χ0n) is 11.2. The van der Waals surface area contributed by atoms with Crippen molar-refractivity contribution in [2.75, 3.05) is 6.54 Å². The normalized spacial score (nSPS) is 12.5. The van der Waals surface area contributed by atoms with Gasteiger partial charge in [-0.25, -0.2) is 0 Å². The Morgan fingerprint density at radius 1 is 1.21 bits per heavy atom. The smallest absolute Gasteiger partial charge is 0.173 e. The van der Waals surface area contributed by atoms with Crippen LogP contribution in [-0.4, -0.2) is 6.54 Å². The number of hydrogen-bond donors (Lipinski definition) is 1. The molecule has 0 radical (unpaired) electrons. The summed E-state index contributed by atoms with van der Waals surface area (Å²) in [5, 5.41) is 3.59. The third kappa shape index (κ3) is 4.22. The Morgan fingerprint density at radius 2 is 2.00 bits per heavy atom. The van der Waals surface area contributed by atoms with E-state index in [4.69, 9.17) is 4.42 Å². The number of aryl methyl sites for hydroxylation is 1. The van der Waals surface area contributed by atoms with Crippen molar-refractivity contribution in [2.45, 2.75) is 32.2 Å². The number of nitrogens with one attached hydrogen (secondary N) is 1. The predicted molar refractivity (Wildman–Crippen MR) is 82.2 cm³/mol. The van der Waals surface area contributed by atoms with Gasteiger partial charge < -0.3 is 9.73 Å². The standard InChI is InChI=1S/C16H20BrNO/c1-2-11-18-15(14-10-12-19-16(14)17)9-8-13-6-4-3-5-7-13/h3-7,10,12,15,18H,2,8-9,11H2,1H3. The van der Waals surface area contributed by atoms with E-state index in [1.54, 1.807) is 6.26 Å². The van der Waals surface area contributed by atoms with Gasteiger partial charge in [-0.1, -0.05) is 37.3 Å². The van der Waals surface area contributed by atoms with Crippen molar-refractivity contribution < 1.29 is 4.42 Å². The molecule has 1 atom stereocenters. The molecule has 1 aromatic carbocycles. The van der Waals surface area contributed by atoms with E-state index < -0.39 is 0 Å². The van der Waals surface area contributed by atoms with Crippen LogP contribution < -0.4 is 5.32 Å². The van der Waals surface area contributed by atoms with Gasteiger partial charge in [-0.15, -0.1) is 0 Å². The average molecular weight is 322 g/mol. The van der Waals surface area contributed by atoms with Crippen LogP contribution in [0.15, 0.2) is 51.7 Å². The minimum absolute atomic E-state index is 0.341. The Hall–Kier alpha value is -1.06. The largest absolute Gasteiger partial charge is 0.457 e. The predicted octanol–water partition coefficient (Wildman–Crippen LogP) is 4.72. The fourth-order valence-corrected chi connectivity index (χ4v) is 2.71. The molecule has 2 nitrogen and oxygen atoms in total. The van der Waals surface area contributed by atoms with E-state index >= 15 is 0 Å². The molecule has 0 fully saturated rings. The van der Waals surface area contributed by atoms with Gasteiger partial charge in [-0.05, 0) is 53.4 Å². The molecule has 0 saturated carbocycles. The number of furan rings is 1. The Labute approximate surface area is 123 Å². The number of rotatable bonds is 7. The van der Waals surface area contributed by atoms with E-state index in [1.807, 2.05) is 6.07 Å². The van der Waals surface area contributed by atoms with E-state index in [1.165, 1.54) is 11.1 Å². The molecule has 3 heteroatoms. The Kier molecular flexibility index (Phi) is 5.67. The molecular weight excluding hydrogens is 302 g/mol. The summed E-state index contributed by atoms with van der Waals surface area (Å²) in [5.41, 5.74) is 2.59. The molecule has 19 heavy (non-hydrogen) atoms. The maximum absolute atomic E-state index is 5.35. The molecule has 0 aliphatic heterocycles. The van der Waals surface area contributed by atoms with E-state index in [2.05, 4.69) is 58.5 Å². The summed E-state index contributed by atoms with van der Waals surface area (Å²) >= 11 is 3.48. The van der Waals surface area contributed by atoms with Gasteiger partial charge in [0.05, 0.1) is 6.26 Å². The van der Waals surface area contributed by atoms with Gasteiger partial charge in [-0.2, -0.15) is 0 Å². The van der Waals surface area contributed by atoms with Gasteiger partial charge in [0.1, 0.15) is 0 Å². The molecular formula is C16H20BrNO. The van der Waals surface area contributed by atoms with Crippen LogP contribution in [-0.2, 0) is 6.42 Å². The van der Waals surface area contributed by atoms with Crippen LogP contribution in [0.1, 0.15) is 36.9 Å². The van der Waals surface area contributed by atoms with Gasteiger partial charge >= 0.3 is 0 Å².